The Labute approximate surface area is 142 Å². The molecule has 2 heterocycles. The van der Waals surface area contributed by atoms with Gasteiger partial charge in [0.15, 0.2) is 5.89 Å². The molecule has 0 radical (unpaired) electrons. The highest BCUT2D eigenvalue weighted by molar-refractivity contribution is 5.45. The molecule has 24 heavy (non-hydrogen) atoms. The van der Waals surface area contributed by atoms with E-state index in [9.17, 15) is 0 Å². The number of nitrogens with zero attached hydrogens (tertiary/aromatic N) is 3. The summed E-state index contributed by atoms with van der Waals surface area (Å²) in [5.74, 6) is 0.938. The van der Waals surface area contributed by atoms with Gasteiger partial charge in [-0.2, -0.15) is 5.26 Å². The van der Waals surface area contributed by atoms with Crippen molar-refractivity contribution in [3.8, 4) is 6.07 Å². The van der Waals surface area contributed by atoms with Crippen LogP contribution in [0.1, 0.15) is 28.8 Å². The number of hydrogen-bond acceptors (Lipinski definition) is 6. The van der Waals surface area contributed by atoms with Gasteiger partial charge >= 0.3 is 0 Å². The fourth-order valence-corrected chi connectivity index (χ4v) is 2.95. The molecule has 1 fully saturated rings. The van der Waals surface area contributed by atoms with E-state index in [1.54, 1.807) is 6.92 Å². The fraction of sp³-hybridized carbons (Fsp3) is 0.444. The van der Waals surface area contributed by atoms with Gasteiger partial charge in [-0.25, -0.2) is 4.98 Å². The van der Waals surface area contributed by atoms with E-state index in [-0.39, 0.29) is 6.04 Å². The van der Waals surface area contributed by atoms with Gasteiger partial charge in [0.25, 0.3) is 0 Å². The molecule has 0 amide bonds. The Kier molecular flexibility index (Phi) is 5.14. The number of rotatable bonds is 5. The summed E-state index contributed by atoms with van der Waals surface area (Å²) in [6.07, 6.45) is 0. The molecule has 0 aliphatic carbocycles. The molecule has 1 aromatic heterocycles. The van der Waals surface area contributed by atoms with Gasteiger partial charge in [0.2, 0.25) is 11.6 Å². The molecule has 1 N–H and O–H groups in total. The highest BCUT2D eigenvalue weighted by Gasteiger charge is 2.23. The summed E-state index contributed by atoms with van der Waals surface area (Å²) in [5, 5.41) is 12.4. The standard InChI is InChI=1S/C18H22N4O2/c1-13-3-5-15(6-4-13)17(22-7-9-23-10-8-22)12-20-18-16(11-19)21-14(2)24-18/h3-6,17,20H,7-10,12H2,1-2H3. The van der Waals surface area contributed by atoms with Crippen molar-refractivity contribution in [2.24, 2.45) is 0 Å². The summed E-state index contributed by atoms with van der Waals surface area (Å²) in [6.45, 7) is 7.74. The van der Waals surface area contributed by atoms with E-state index in [1.165, 1.54) is 11.1 Å². The normalized spacial score (nSPS) is 16.5. The first-order valence-electron chi connectivity index (χ1n) is 8.17. The summed E-state index contributed by atoms with van der Waals surface area (Å²) in [4.78, 5) is 6.48. The summed E-state index contributed by atoms with van der Waals surface area (Å²) in [6, 6.07) is 10.8. The third kappa shape index (κ3) is 3.75. The lowest BCUT2D eigenvalue weighted by molar-refractivity contribution is 0.0186. The topological polar surface area (TPSA) is 74.3 Å². The highest BCUT2D eigenvalue weighted by Crippen LogP contribution is 2.24. The Balaban J connectivity index is 1.79. The number of aryl methyl sites for hydroxylation is 2. The van der Waals surface area contributed by atoms with Crippen LogP contribution in [0, 0.1) is 25.2 Å². The van der Waals surface area contributed by atoms with Crippen LogP contribution < -0.4 is 5.32 Å². The summed E-state index contributed by atoms with van der Waals surface area (Å²) in [5.41, 5.74) is 2.78. The Morgan fingerprint density at radius 2 is 1.96 bits per heavy atom. The molecule has 1 aromatic carbocycles. The monoisotopic (exact) mass is 326 g/mol. The van der Waals surface area contributed by atoms with Crippen LogP contribution in [0.4, 0.5) is 5.88 Å². The molecule has 6 nitrogen and oxygen atoms in total. The maximum absolute atomic E-state index is 9.15. The van der Waals surface area contributed by atoms with Crippen LogP contribution in [0.25, 0.3) is 0 Å². The molecule has 0 bridgehead atoms. The lowest BCUT2D eigenvalue weighted by Crippen LogP contribution is -2.41. The van der Waals surface area contributed by atoms with E-state index in [4.69, 9.17) is 14.4 Å². The van der Waals surface area contributed by atoms with Crippen LogP contribution in [-0.2, 0) is 4.74 Å². The lowest BCUT2D eigenvalue weighted by atomic mass is 10.0. The van der Waals surface area contributed by atoms with Crippen molar-refractivity contribution in [2.45, 2.75) is 19.9 Å². The third-order valence-electron chi connectivity index (χ3n) is 4.24. The summed E-state index contributed by atoms with van der Waals surface area (Å²) in [7, 11) is 0. The molecular weight excluding hydrogens is 304 g/mol. The first kappa shape index (κ1) is 16.5. The van der Waals surface area contributed by atoms with E-state index in [0.29, 0.717) is 24.0 Å². The second kappa shape index (κ2) is 7.47. The number of oxazole rings is 1. The molecule has 1 aliphatic heterocycles. The number of morpholine rings is 1. The van der Waals surface area contributed by atoms with Crippen molar-refractivity contribution < 1.29 is 9.15 Å². The van der Waals surface area contributed by atoms with E-state index >= 15 is 0 Å². The van der Waals surface area contributed by atoms with Gasteiger partial charge in [-0.1, -0.05) is 29.8 Å². The lowest BCUT2D eigenvalue weighted by Gasteiger charge is -2.35. The maximum Gasteiger partial charge on any atom is 0.232 e. The second-order valence-corrected chi connectivity index (χ2v) is 5.98. The average molecular weight is 326 g/mol. The molecule has 6 heteroatoms. The van der Waals surface area contributed by atoms with Crippen molar-refractivity contribution in [3.63, 3.8) is 0 Å². The number of anilines is 1. The maximum atomic E-state index is 9.15. The van der Waals surface area contributed by atoms with Gasteiger partial charge in [-0.05, 0) is 12.5 Å². The predicted octanol–water partition coefficient (Wildman–Crippen LogP) is 2.65. The van der Waals surface area contributed by atoms with Gasteiger partial charge in [0.05, 0.1) is 19.3 Å². The summed E-state index contributed by atoms with van der Waals surface area (Å²) < 4.78 is 11.0. The van der Waals surface area contributed by atoms with Gasteiger partial charge in [0.1, 0.15) is 6.07 Å². The minimum absolute atomic E-state index is 0.187. The molecule has 0 saturated carbocycles. The van der Waals surface area contributed by atoms with Crippen LogP contribution >= 0.6 is 0 Å². The molecule has 1 aliphatic rings. The smallest absolute Gasteiger partial charge is 0.232 e. The number of benzene rings is 1. The zero-order chi connectivity index (χ0) is 16.9. The second-order valence-electron chi connectivity index (χ2n) is 5.98. The van der Waals surface area contributed by atoms with Crippen LogP contribution in [0.2, 0.25) is 0 Å². The van der Waals surface area contributed by atoms with Crippen LogP contribution in [0.5, 0.6) is 0 Å². The molecule has 0 spiro atoms. The van der Waals surface area contributed by atoms with Crippen molar-refractivity contribution in [1.82, 2.24) is 9.88 Å². The molecular formula is C18H22N4O2. The molecule has 2 aromatic rings. The van der Waals surface area contributed by atoms with Crippen LogP contribution in [0.15, 0.2) is 28.7 Å². The highest BCUT2D eigenvalue weighted by atomic mass is 16.5. The molecule has 126 valence electrons. The zero-order valence-corrected chi connectivity index (χ0v) is 14.1. The van der Waals surface area contributed by atoms with Crippen molar-refractivity contribution >= 4 is 5.88 Å². The largest absolute Gasteiger partial charge is 0.424 e. The Hall–Kier alpha value is -2.36. The molecule has 1 saturated heterocycles. The van der Waals surface area contributed by atoms with E-state index < -0.39 is 0 Å². The van der Waals surface area contributed by atoms with Gasteiger partial charge in [-0.15, -0.1) is 0 Å². The molecule has 1 atom stereocenters. The summed E-state index contributed by atoms with van der Waals surface area (Å²) >= 11 is 0. The van der Waals surface area contributed by atoms with Crippen molar-refractivity contribution in [3.05, 3.63) is 47.0 Å². The van der Waals surface area contributed by atoms with Crippen molar-refractivity contribution in [2.75, 3.05) is 38.2 Å². The number of hydrogen-bond donors (Lipinski definition) is 1. The molecule has 1 unspecified atom stereocenters. The van der Waals surface area contributed by atoms with Crippen molar-refractivity contribution in [1.29, 1.82) is 5.26 Å². The third-order valence-corrected chi connectivity index (χ3v) is 4.24. The first-order chi connectivity index (χ1) is 11.7. The zero-order valence-electron chi connectivity index (χ0n) is 14.1. The van der Waals surface area contributed by atoms with Crippen LogP contribution in [0.3, 0.4) is 0 Å². The number of ether oxygens (including phenoxy) is 1. The predicted molar refractivity (Wildman–Crippen MR) is 90.8 cm³/mol. The fourth-order valence-electron chi connectivity index (χ4n) is 2.95. The Bertz CT molecular complexity index is 712. The Morgan fingerprint density at radius 1 is 1.25 bits per heavy atom. The van der Waals surface area contributed by atoms with Crippen LogP contribution in [-0.4, -0.2) is 42.7 Å². The van der Waals surface area contributed by atoms with E-state index in [2.05, 4.69) is 52.5 Å². The molecule has 3 rings (SSSR count). The first-order valence-corrected chi connectivity index (χ1v) is 8.17. The minimum Gasteiger partial charge on any atom is -0.424 e. The minimum atomic E-state index is 0.187. The quantitative estimate of drug-likeness (QED) is 0.910. The average Bonchev–Trinajstić information content (AvgIpc) is 2.97. The van der Waals surface area contributed by atoms with Gasteiger partial charge in [0, 0.05) is 26.6 Å². The van der Waals surface area contributed by atoms with E-state index in [0.717, 1.165) is 26.3 Å². The number of aromatic nitrogens is 1. The Morgan fingerprint density at radius 3 is 2.62 bits per heavy atom. The number of nitriles is 1. The van der Waals surface area contributed by atoms with Gasteiger partial charge < -0.3 is 14.5 Å². The van der Waals surface area contributed by atoms with Gasteiger partial charge in [-0.3, -0.25) is 4.90 Å². The number of nitrogens with one attached hydrogen (secondary N) is 1. The SMILES string of the molecule is Cc1ccc(C(CNc2oc(C)nc2C#N)N2CCOCC2)cc1. The van der Waals surface area contributed by atoms with E-state index in [1.807, 2.05) is 0 Å².